The lowest BCUT2D eigenvalue weighted by molar-refractivity contribution is 0.869. The van der Waals surface area contributed by atoms with Crippen molar-refractivity contribution in [2.24, 2.45) is 0 Å². The quantitative estimate of drug-likeness (QED) is 0.210. The zero-order valence-corrected chi connectivity index (χ0v) is 26.1. The van der Waals surface area contributed by atoms with Gasteiger partial charge in [-0.05, 0) is 42.0 Å². The van der Waals surface area contributed by atoms with Gasteiger partial charge < -0.3 is 9.13 Å². The molecule has 0 saturated heterocycles. The molecule has 0 N–H and O–H groups in total. The Morgan fingerprint density at radius 2 is 0.805 bits per heavy atom. The van der Waals surface area contributed by atoms with E-state index in [9.17, 15) is 0 Å². The van der Waals surface area contributed by atoms with Crippen LogP contribution in [0.15, 0.2) is 121 Å². The van der Waals surface area contributed by atoms with Crippen LogP contribution in [0.3, 0.4) is 0 Å². The van der Waals surface area contributed by atoms with Gasteiger partial charge in [-0.25, -0.2) is 0 Å². The fourth-order valence-electron chi connectivity index (χ4n) is 5.32. The first-order valence-electron chi connectivity index (χ1n) is 15.4. The van der Waals surface area contributed by atoms with Crippen molar-refractivity contribution in [1.82, 2.24) is 9.13 Å². The van der Waals surface area contributed by atoms with Crippen LogP contribution in [0.25, 0.3) is 49.3 Å². The van der Waals surface area contributed by atoms with Crippen LogP contribution in [0.2, 0.25) is 0 Å². The molecule has 0 aliphatic heterocycles. The molecule has 2 aromatic heterocycles. The highest BCUT2D eigenvalue weighted by Crippen LogP contribution is 2.35. The number of hydrogen-bond donors (Lipinski definition) is 0. The van der Waals surface area contributed by atoms with Crippen molar-refractivity contribution in [2.45, 2.75) is 61.9 Å². The van der Waals surface area contributed by atoms with Crippen molar-refractivity contribution in [3.63, 3.8) is 0 Å². The summed E-state index contributed by atoms with van der Waals surface area (Å²) in [6.07, 6.45) is 0. The van der Waals surface area contributed by atoms with Gasteiger partial charge in [-0.15, -0.1) is 0 Å². The molecular weight excluding hydrogens is 496 g/mol. The molecule has 5 aromatic carbocycles. The van der Waals surface area contributed by atoms with Gasteiger partial charge >= 0.3 is 0 Å². The molecular formula is C39H46N2. The molecule has 7 rings (SSSR count). The van der Waals surface area contributed by atoms with Gasteiger partial charge in [-0.3, -0.25) is 0 Å². The third-order valence-corrected chi connectivity index (χ3v) is 6.78. The minimum Gasteiger partial charge on any atom is -0.336 e. The van der Waals surface area contributed by atoms with Gasteiger partial charge in [0, 0.05) is 44.8 Å². The number of rotatable bonds is 3. The number of nitrogens with zero attached hydrogens (tertiary/aromatic N) is 2. The Morgan fingerprint density at radius 3 is 1.34 bits per heavy atom. The zero-order chi connectivity index (χ0) is 29.8. The summed E-state index contributed by atoms with van der Waals surface area (Å²) in [5, 5.41) is 5.17. The number of hydrogen-bond acceptors (Lipinski definition) is 0. The van der Waals surface area contributed by atoms with Gasteiger partial charge in [-0.2, -0.15) is 0 Å². The van der Waals surface area contributed by atoms with Crippen LogP contribution < -0.4 is 0 Å². The Labute approximate surface area is 246 Å². The van der Waals surface area contributed by atoms with Crippen LogP contribution in [-0.2, 0) is 6.54 Å². The van der Waals surface area contributed by atoms with Crippen LogP contribution >= 0.6 is 0 Å². The lowest BCUT2D eigenvalue weighted by Crippen LogP contribution is -1.99. The highest BCUT2D eigenvalue weighted by Gasteiger charge is 2.15. The first kappa shape index (κ1) is 31.2. The van der Waals surface area contributed by atoms with Gasteiger partial charge in [0.25, 0.3) is 0 Å². The summed E-state index contributed by atoms with van der Waals surface area (Å²) in [4.78, 5) is 0. The van der Waals surface area contributed by atoms with E-state index in [2.05, 4.69) is 130 Å². The molecule has 212 valence electrons. The second kappa shape index (κ2) is 15.5. The maximum Gasteiger partial charge on any atom is 0.0541 e. The van der Waals surface area contributed by atoms with E-state index in [1.165, 1.54) is 54.9 Å². The molecule has 0 aliphatic rings. The lowest BCUT2D eigenvalue weighted by atomic mass is 10.1. The standard InChI is InChI=1S/C31H22N2.4C2H6/c1-2-10-22(11-3-1)21-32-28-15-7-4-14-26(28)27-20-23(18-19-29(27)32)33-30-16-8-5-12-24(30)25-13-6-9-17-31(25)33;4*1-2/h1-20H,21H2;4*1-2H3. The van der Waals surface area contributed by atoms with Crippen LogP contribution in [0, 0.1) is 0 Å². The smallest absolute Gasteiger partial charge is 0.0541 e. The van der Waals surface area contributed by atoms with Crippen LogP contribution in [0.5, 0.6) is 0 Å². The monoisotopic (exact) mass is 542 g/mol. The number of benzene rings is 5. The average molecular weight is 543 g/mol. The van der Waals surface area contributed by atoms with E-state index in [0.717, 1.165) is 6.54 Å². The van der Waals surface area contributed by atoms with E-state index in [-0.39, 0.29) is 0 Å². The summed E-state index contributed by atoms with van der Waals surface area (Å²) in [6, 6.07) is 43.8. The van der Waals surface area contributed by atoms with E-state index in [0.29, 0.717) is 0 Å². The van der Waals surface area contributed by atoms with Crippen molar-refractivity contribution in [2.75, 3.05) is 0 Å². The Hall–Kier alpha value is -4.30. The molecule has 0 saturated carbocycles. The largest absolute Gasteiger partial charge is 0.336 e. The van der Waals surface area contributed by atoms with Crippen molar-refractivity contribution in [3.8, 4) is 5.69 Å². The van der Waals surface area contributed by atoms with Crippen LogP contribution in [0.4, 0.5) is 0 Å². The number of aromatic nitrogens is 2. The summed E-state index contributed by atoms with van der Waals surface area (Å²) >= 11 is 0. The summed E-state index contributed by atoms with van der Waals surface area (Å²) in [7, 11) is 0. The second-order valence-corrected chi connectivity index (χ2v) is 8.66. The van der Waals surface area contributed by atoms with Gasteiger partial charge in [0.1, 0.15) is 0 Å². The Kier molecular flexibility index (Phi) is 11.8. The molecule has 7 aromatic rings. The third kappa shape index (κ3) is 6.07. The SMILES string of the molecule is CC.CC.CC.CC.c1ccc(Cn2c3ccccc3c3cc(-n4c5ccccc5c5ccccc54)ccc32)cc1. The van der Waals surface area contributed by atoms with Gasteiger partial charge in [0.2, 0.25) is 0 Å². The summed E-state index contributed by atoms with van der Waals surface area (Å²) in [5.41, 5.74) is 7.53. The van der Waals surface area contributed by atoms with Crippen LogP contribution in [0.1, 0.15) is 61.0 Å². The van der Waals surface area contributed by atoms with E-state index in [4.69, 9.17) is 0 Å². The second-order valence-electron chi connectivity index (χ2n) is 8.66. The first-order valence-corrected chi connectivity index (χ1v) is 15.4. The molecule has 2 heterocycles. The molecule has 41 heavy (non-hydrogen) atoms. The molecule has 0 radical (unpaired) electrons. The highest BCUT2D eigenvalue weighted by atomic mass is 15.0. The van der Waals surface area contributed by atoms with Crippen LogP contribution in [-0.4, -0.2) is 9.13 Å². The molecule has 2 nitrogen and oxygen atoms in total. The average Bonchev–Trinajstić information content (AvgIpc) is 3.58. The van der Waals surface area contributed by atoms with Crippen molar-refractivity contribution in [3.05, 3.63) is 127 Å². The van der Waals surface area contributed by atoms with Crippen molar-refractivity contribution >= 4 is 43.6 Å². The van der Waals surface area contributed by atoms with Gasteiger partial charge in [0.15, 0.2) is 0 Å². The Bertz CT molecular complexity index is 1730. The summed E-state index contributed by atoms with van der Waals surface area (Å²) in [5.74, 6) is 0. The molecule has 0 aliphatic carbocycles. The lowest BCUT2D eigenvalue weighted by Gasteiger charge is -2.10. The topological polar surface area (TPSA) is 9.86 Å². The minimum atomic E-state index is 0.861. The maximum absolute atomic E-state index is 2.44. The third-order valence-electron chi connectivity index (χ3n) is 6.78. The normalized spacial score (nSPS) is 10.0. The maximum atomic E-state index is 2.44. The molecule has 0 bridgehead atoms. The zero-order valence-electron chi connectivity index (χ0n) is 26.1. The predicted octanol–water partition coefficient (Wildman–Crippen LogP) is 12.0. The highest BCUT2D eigenvalue weighted by molar-refractivity contribution is 6.11. The summed E-state index contributed by atoms with van der Waals surface area (Å²) in [6.45, 7) is 16.9. The predicted molar refractivity (Wildman–Crippen MR) is 185 cm³/mol. The molecule has 0 amide bonds. The number of para-hydroxylation sites is 3. The van der Waals surface area contributed by atoms with E-state index in [1.54, 1.807) is 0 Å². The number of fused-ring (bicyclic) bond motifs is 6. The van der Waals surface area contributed by atoms with E-state index in [1.807, 2.05) is 55.4 Å². The Morgan fingerprint density at radius 1 is 0.390 bits per heavy atom. The van der Waals surface area contributed by atoms with E-state index < -0.39 is 0 Å². The minimum absolute atomic E-state index is 0.861. The fourth-order valence-corrected chi connectivity index (χ4v) is 5.32. The summed E-state index contributed by atoms with van der Waals surface area (Å²) < 4.78 is 4.84. The fraction of sp³-hybridized carbons (Fsp3) is 0.231. The molecule has 0 fully saturated rings. The molecule has 0 atom stereocenters. The molecule has 0 spiro atoms. The van der Waals surface area contributed by atoms with Crippen molar-refractivity contribution < 1.29 is 0 Å². The van der Waals surface area contributed by atoms with Gasteiger partial charge in [-0.1, -0.05) is 140 Å². The van der Waals surface area contributed by atoms with E-state index >= 15 is 0 Å². The van der Waals surface area contributed by atoms with Gasteiger partial charge in [0.05, 0.1) is 11.0 Å². The molecule has 0 unspecified atom stereocenters. The van der Waals surface area contributed by atoms with Crippen molar-refractivity contribution in [1.29, 1.82) is 0 Å². The Balaban J connectivity index is 0.000000535. The first-order chi connectivity index (χ1) is 20.4. The molecule has 2 heteroatoms.